The van der Waals surface area contributed by atoms with E-state index in [1.807, 2.05) is 18.2 Å². The van der Waals surface area contributed by atoms with Crippen molar-refractivity contribution in [3.63, 3.8) is 0 Å². The summed E-state index contributed by atoms with van der Waals surface area (Å²) in [6.07, 6.45) is 5.61. The molecule has 1 aliphatic heterocycles. The number of hydrogen-bond donors (Lipinski definition) is 4. The van der Waals surface area contributed by atoms with E-state index in [4.69, 9.17) is 15.6 Å². The molecular weight excluding hydrogens is 396 g/mol. The van der Waals surface area contributed by atoms with Crippen LogP contribution in [0.4, 0.5) is 5.82 Å². The van der Waals surface area contributed by atoms with E-state index < -0.39 is 12.1 Å². The highest BCUT2D eigenvalue weighted by atomic mass is 16.5. The topological polar surface area (TPSA) is 131 Å². The van der Waals surface area contributed by atoms with Crippen molar-refractivity contribution in [2.24, 2.45) is 0 Å². The average Bonchev–Trinajstić information content (AvgIpc) is 2.79. The lowest BCUT2D eigenvalue weighted by Gasteiger charge is -2.27. The van der Waals surface area contributed by atoms with Gasteiger partial charge in [0.05, 0.1) is 11.7 Å². The van der Waals surface area contributed by atoms with E-state index >= 15 is 0 Å². The highest BCUT2D eigenvalue weighted by Crippen LogP contribution is 2.32. The van der Waals surface area contributed by atoms with Crippen molar-refractivity contribution in [3.05, 3.63) is 71.7 Å². The van der Waals surface area contributed by atoms with Gasteiger partial charge in [-0.1, -0.05) is 12.1 Å². The minimum Gasteiger partial charge on any atom is -0.489 e. The Balaban J connectivity index is 1.34. The number of nitrogens with one attached hydrogen (secondary N) is 1. The zero-order valence-electron chi connectivity index (χ0n) is 16.9. The molecule has 0 amide bonds. The molecule has 0 saturated heterocycles. The number of aromatic carboxylic acids is 1. The monoisotopic (exact) mass is 420 g/mol. The number of anilines is 1. The van der Waals surface area contributed by atoms with Gasteiger partial charge in [-0.05, 0) is 48.2 Å². The lowest BCUT2D eigenvalue weighted by atomic mass is 9.97. The maximum Gasteiger partial charge on any atom is 0.337 e. The van der Waals surface area contributed by atoms with Gasteiger partial charge in [0.25, 0.3) is 0 Å². The molecule has 3 heterocycles. The normalized spacial score (nSPS) is 16.2. The molecule has 0 spiro atoms. The molecule has 160 valence electrons. The van der Waals surface area contributed by atoms with Crippen LogP contribution in [-0.4, -0.2) is 45.3 Å². The van der Waals surface area contributed by atoms with Gasteiger partial charge < -0.3 is 26.0 Å². The van der Waals surface area contributed by atoms with Crippen LogP contribution < -0.4 is 15.8 Å². The molecule has 0 aliphatic carbocycles. The van der Waals surface area contributed by atoms with Crippen LogP contribution in [0, 0.1) is 0 Å². The SMILES string of the molecule is Nc1ccc([C@@H](O)CNC[C@H]2CCc3cc(-c4cncc(C(=O)O)c4)ccc3O2)cn1. The number of benzene rings is 1. The number of fused-ring (bicyclic) bond motifs is 1. The van der Waals surface area contributed by atoms with E-state index in [-0.39, 0.29) is 11.7 Å². The first-order valence-electron chi connectivity index (χ1n) is 10.1. The molecule has 0 bridgehead atoms. The molecule has 5 N–H and O–H groups in total. The standard InChI is InChI=1S/C23H24N4O4/c24-22-6-3-16(11-27-22)20(28)13-26-12-19-4-1-15-7-14(2-5-21(15)31-19)17-8-18(23(29)30)10-25-9-17/h2-3,5-11,19-20,26,28H,1,4,12-13H2,(H2,24,27)(H,29,30)/t19-,20+/m1/s1. The smallest absolute Gasteiger partial charge is 0.337 e. The molecule has 3 aromatic rings. The van der Waals surface area contributed by atoms with Gasteiger partial charge in [-0.15, -0.1) is 0 Å². The van der Waals surface area contributed by atoms with E-state index in [1.54, 1.807) is 30.6 Å². The molecule has 4 rings (SSSR count). The first-order chi connectivity index (χ1) is 15.0. The zero-order valence-corrected chi connectivity index (χ0v) is 16.9. The van der Waals surface area contributed by atoms with Crippen molar-refractivity contribution in [2.75, 3.05) is 18.8 Å². The summed E-state index contributed by atoms with van der Waals surface area (Å²) in [6, 6.07) is 10.9. The van der Waals surface area contributed by atoms with Crippen molar-refractivity contribution in [3.8, 4) is 16.9 Å². The number of carboxylic acid groups (broad SMARTS) is 1. The Morgan fingerprint density at radius 2 is 2.06 bits per heavy atom. The molecule has 8 heteroatoms. The maximum absolute atomic E-state index is 11.2. The first-order valence-corrected chi connectivity index (χ1v) is 10.1. The Morgan fingerprint density at radius 3 is 2.84 bits per heavy atom. The lowest BCUT2D eigenvalue weighted by Crippen LogP contribution is -2.36. The van der Waals surface area contributed by atoms with E-state index in [1.165, 1.54) is 6.20 Å². The summed E-state index contributed by atoms with van der Waals surface area (Å²) in [5.74, 6) is 0.253. The Hall–Kier alpha value is -3.49. The second kappa shape index (κ2) is 9.11. The molecule has 1 aliphatic rings. The van der Waals surface area contributed by atoms with Crippen molar-refractivity contribution in [1.82, 2.24) is 15.3 Å². The summed E-state index contributed by atoms with van der Waals surface area (Å²) in [5, 5.41) is 22.7. The highest BCUT2D eigenvalue weighted by molar-refractivity contribution is 5.88. The van der Waals surface area contributed by atoms with Crippen LogP contribution >= 0.6 is 0 Å². The molecule has 0 fully saturated rings. The van der Waals surface area contributed by atoms with E-state index in [9.17, 15) is 9.90 Å². The average molecular weight is 420 g/mol. The van der Waals surface area contributed by atoms with Crippen LogP contribution in [-0.2, 0) is 6.42 Å². The molecule has 0 radical (unpaired) electrons. The van der Waals surface area contributed by atoms with Gasteiger partial charge >= 0.3 is 5.97 Å². The van der Waals surface area contributed by atoms with Crippen LogP contribution in [0.15, 0.2) is 55.0 Å². The Morgan fingerprint density at radius 1 is 1.19 bits per heavy atom. The van der Waals surface area contributed by atoms with Crippen molar-refractivity contribution < 1.29 is 19.7 Å². The van der Waals surface area contributed by atoms with Gasteiger partial charge in [-0.2, -0.15) is 0 Å². The largest absolute Gasteiger partial charge is 0.489 e. The van der Waals surface area contributed by atoms with Crippen molar-refractivity contribution >= 4 is 11.8 Å². The lowest BCUT2D eigenvalue weighted by molar-refractivity contribution is 0.0696. The molecule has 2 aromatic heterocycles. The predicted molar refractivity (Wildman–Crippen MR) is 116 cm³/mol. The van der Waals surface area contributed by atoms with Gasteiger partial charge in [-0.25, -0.2) is 9.78 Å². The zero-order chi connectivity index (χ0) is 21.8. The predicted octanol–water partition coefficient (Wildman–Crippen LogP) is 2.44. The second-order valence-corrected chi connectivity index (χ2v) is 7.56. The van der Waals surface area contributed by atoms with Gasteiger partial charge in [0, 0.05) is 42.8 Å². The second-order valence-electron chi connectivity index (χ2n) is 7.56. The molecule has 31 heavy (non-hydrogen) atoms. The third-order valence-electron chi connectivity index (χ3n) is 5.31. The van der Waals surface area contributed by atoms with Gasteiger partial charge in [-0.3, -0.25) is 4.98 Å². The van der Waals surface area contributed by atoms with Crippen LogP contribution in [0.5, 0.6) is 5.75 Å². The number of nitrogens with two attached hydrogens (primary N) is 1. The number of nitrogens with zero attached hydrogens (tertiary/aromatic N) is 2. The summed E-state index contributed by atoms with van der Waals surface area (Å²) in [5.41, 5.74) is 9.21. The Labute approximate surface area is 179 Å². The third-order valence-corrected chi connectivity index (χ3v) is 5.31. The molecule has 1 aromatic carbocycles. The summed E-state index contributed by atoms with van der Waals surface area (Å²) >= 11 is 0. The van der Waals surface area contributed by atoms with Gasteiger partial charge in [0.15, 0.2) is 0 Å². The fourth-order valence-electron chi connectivity index (χ4n) is 3.60. The number of carbonyl (C=O) groups is 1. The Kier molecular flexibility index (Phi) is 6.11. The molecule has 0 saturated carbocycles. The minimum atomic E-state index is -0.997. The number of aryl methyl sites for hydroxylation is 1. The van der Waals surface area contributed by atoms with Crippen molar-refractivity contribution in [2.45, 2.75) is 25.0 Å². The summed E-state index contributed by atoms with van der Waals surface area (Å²) < 4.78 is 6.11. The summed E-state index contributed by atoms with van der Waals surface area (Å²) in [6.45, 7) is 1.01. The number of carboxylic acids is 1. The van der Waals surface area contributed by atoms with Gasteiger partial charge in [0.1, 0.15) is 17.7 Å². The number of nitrogen functional groups attached to an aromatic ring is 1. The molecule has 0 unspecified atom stereocenters. The summed E-state index contributed by atoms with van der Waals surface area (Å²) in [4.78, 5) is 19.2. The first kappa shape index (κ1) is 20.8. The minimum absolute atomic E-state index is 0.00657. The maximum atomic E-state index is 11.2. The number of rotatable bonds is 7. The van der Waals surface area contributed by atoms with Crippen LogP contribution in [0.2, 0.25) is 0 Å². The van der Waals surface area contributed by atoms with E-state index in [0.29, 0.717) is 24.5 Å². The van der Waals surface area contributed by atoms with Crippen molar-refractivity contribution in [1.29, 1.82) is 0 Å². The molecular formula is C23H24N4O4. The van der Waals surface area contributed by atoms with Crippen LogP contribution in [0.3, 0.4) is 0 Å². The number of pyridine rings is 2. The number of aromatic nitrogens is 2. The van der Waals surface area contributed by atoms with Crippen LogP contribution in [0.1, 0.15) is 34.0 Å². The van der Waals surface area contributed by atoms with Crippen LogP contribution in [0.25, 0.3) is 11.1 Å². The number of hydrogen-bond acceptors (Lipinski definition) is 7. The van der Waals surface area contributed by atoms with E-state index in [0.717, 1.165) is 35.3 Å². The molecule has 2 atom stereocenters. The fourth-order valence-corrected chi connectivity index (χ4v) is 3.60. The quantitative estimate of drug-likeness (QED) is 0.458. The number of ether oxygens (including phenoxy) is 1. The third kappa shape index (κ3) is 4.99. The fraction of sp³-hybridized carbons (Fsp3) is 0.261. The molecule has 8 nitrogen and oxygen atoms in total. The summed E-state index contributed by atoms with van der Waals surface area (Å²) in [7, 11) is 0. The number of aliphatic hydroxyl groups excluding tert-OH is 1. The highest BCUT2D eigenvalue weighted by Gasteiger charge is 2.21. The van der Waals surface area contributed by atoms with E-state index in [2.05, 4.69) is 15.3 Å². The Bertz CT molecular complexity index is 1070. The number of aliphatic hydroxyl groups is 1. The van der Waals surface area contributed by atoms with Gasteiger partial charge in [0.2, 0.25) is 0 Å².